The zero-order valence-corrected chi connectivity index (χ0v) is 14.3. The molecule has 138 valence electrons. The van der Waals surface area contributed by atoms with Gasteiger partial charge < -0.3 is 9.63 Å². The number of aromatic nitrogens is 3. The minimum Gasteiger partial charge on any atom is -0.384 e. The summed E-state index contributed by atoms with van der Waals surface area (Å²) in [4.78, 5) is 12.5. The van der Waals surface area contributed by atoms with Gasteiger partial charge in [-0.1, -0.05) is 17.3 Å². The van der Waals surface area contributed by atoms with Gasteiger partial charge in [-0.3, -0.25) is 4.79 Å². The summed E-state index contributed by atoms with van der Waals surface area (Å²) in [6.07, 6.45) is -4.53. The zero-order chi connectivity index (χ0) is 19.3. The monoisotopic (exact) mass is 367 g/mol. The Bertz CT molecular complexity index is 1040. The lowest BCUT2D eigenvalue weighted by Crippen LogP contribution is -2.35. The van der Waals surface area contributed by atoms with E-state index in [1.54, 1.807) is 13.8 Å². The minimum atomic E-state index is -4.53. The van der Waals surface area contributed by atoms with Crippen molar-refractivity contribution in [3.8, 4) is 0 Å². The predicted molar refractivity (Wildman–Crippen MR) is 86.6 cm³/mol. The summed E-state index contributed by atoms with van der Waals surface area (Å²) in [5.41, 5.74) is -2.66. The van der Waals surface area contributed by atoms with Crippen LogP contribution >= 0.6 is 0 Å². The summed E-state index contributed by atoms with van der Waals surface area (Å²) in [5, 5.41) is 19.0. The first-order valence-corrected chi connectivity index (χ1v) is 7.74. The lowest BCUT2D eigenvalue weighted by Gasteiger charge is -2.25. The first kappa shape index (κ1) is 18.1. The lowest BCUT2D eigenvalue weighted by molar-refractivity contribution is -0.137. The van der Waals surface area contributed by atoms with E-state index in [2.05, 4.69) is 10.3 Å². The molecular weight excluding hydrogens is 351 g/mol. The Morgan fingerprint density at radius 3 is 2.54 bits per heavy atom. The molecule has 1 N–H and O–H groups in total. The number of rotatable bonds is 3. The van der Waals surface area contributed by atoms with Crippen molar-refractivity contribution in [3.63, 3.8) is 0 Å². The normalized spacial score (nSPS) is 14.6. The fourth-order valence-corrected chi connectivity index (χ4v) is 2.86. The predicted octanol–water partition coefficient (Wildman–Crippen LogP) is 2.93. The summed E-state index contributed by atoms with van der Waals surface area (Å²) in [6, 6.07) is 4.35. The van der Waals surface area contributed by atoms with Gasteiger partial charge in [-0.05, 0) is 38.5 Å². The van der Waals surface area contributed by atoms with Gasteiger partial charge in [0.2, 0.25) is 0 Å². The van der Waals surface area contributed by atoms with Gasteiger partial charge >= 0.3 is 6.18 Å². The third-order valence-corrected chi connectivity index (χ3v) is 4.20. The maximum Gasteiger partial charge on any atom is 0.416 e. The maximum absolute atomic E-state index is 12.9. The molecule has 0 saturated carbocycles. The molecule has 2 aromatic heterocycles. The first-order valence-electron chi connectivity index (χ1n) is 7.74. The molecule has 0 aliphatic rings. The van der Waals surface area contributed by atoms with Crippen LogP contribution in [0, 0.1) is 13.8 Å². The molecule has 2 heterocycles. The molecule has 0 spiro atoms. The Morgan fingerprint density at radius 2 is 1.88 bits per heavy atom. The van der Waals surface area contributed by atoms with E-state index in [-0.39, 0.29) is 17.6 Å². The molecular formula is C17H16F3N3O3. The lowest BCUT2D eigenvalue weighted by atomic mass is 9.94. The van der Waals surface area contributed by atoms with Crippen molar-refractivity contribution in [2.24, 2.45) is 0 Å². The molecule has 1 aromatic carbocycles. The summed E-state index contributed by atoms with van der Waals surface area (Å²) >= 11 is 0. The van der Waals surface area contributed by atoms with Crippen LogP contribution in [0.15, 0.2) is 33.6 Å². The highest BCUT2D eigenvalue weighted by atomic mass is 19.4. The number of aryl methyl sites for hydroxylation is 2. The van der Waals surface area contributed by atoms with E-state index >= 15 is 0 Å². The standard InChI is InChI=1S/C17H16F3N3O3/c1-9-13-10(2)26-22-14(13)15(24)23(21-9)8-16(3,25)11-5-4-6-12(7-11)17(18,19)20/h4-7,25H,8H2,1-3H3/t16-/m0/s1. The van der Waals surface area contributed by atoms with E-state index in [9.17, 15) is 23.1 Å². The molecule has 0 aliphatic carbocycles. The second-order valence-corrected chi connectivity index (χ2v) is 6.36. The molecule has 0 fully saturated rings. The summed E-state index contributed by atoms with van der Waals surface area (Å²) in [7, 11) is 0. The van der Waals surface area contributed by atoms with E-state index in [1.807, 2.05) is 0 Å². The molecule has 9 heteroatoms. The van der Waals surface area contributed by atoms with Crippen molar-refractivity contribution in [1.82, 2.24) is 14.9 Å². The number of fused-ring (bicyclic) bond motifs is 1. The largest absolute Gasteiger partial charge is 0.416 e. The van der Waals surface area contributed by atoms with Crippen molar-refractivity contribution < 1.29 is 22.8 Å². The fourth-order valence-electron chi connectivity index (χ4n) is 2.86. The van der Waals surface area contributed by atoms with Crippen LogP contribution in [0.3, 0.4) is 0 Å². The molecule has 0 unspecified atom stereocenters. The van der Waals surface area contributed by atoms with E-state index < -0.39 is 22.9 Å². The molecule has 0 bridgehead atoms. The molecule has 0 amide bonds. The average molecular weight is 367 g/mol. The number of halogens is 3. The molecule has 6 nitrogen and oxygen atoms in total. The molecule has 26 heavy (non-hydrogen) atoms. The van der Waals surface area contributed by atoms with Gasteiger partial charge in [-0.15, -0.1) is 0 Å². The topological polar surface area (TPSA) is 81.1 Å². The zero-order valence-electron chi connectivity index (χ0n) is 14.3. The molecule has 1 atom stereocenters. The third-order valence-electron chi connectivity index (χ3n) is 4.20. The Morgan fingerprint density at radius 1 is 1.23 bits per heavy atom. The summed E-state index contributed by atoms with van der Waals surface area (Å²) in [6.45, 7) is 4.29. The van der Waals surface area contributed by atoms with Crippen molar-refractivity contribution in [2.75, 3.05) is 0 Å². The Labute approximate surface area is 145 Å². The molecule has 3 aromatic rings. The Kier molecular flexibility index (Phi) is 4.14. The fraction of sp³-hybridized carbons (Fsp3) is 0.353. The van der Waals surface area contributed by atoms with Gasteiger partial charge in [0.1, 0.15) is 11.4 Å². The quantitative estimate of drug-likeness (QED) is 0.770. The van der Waals surface area contributed by atoms with E-state index in [0.717, 1.165) is 16.8 Å². The van der Waals surface area contributed by atoms with Crippen molar-refractivity contribution in [3.05, 3.63) is 57.2 Å². The molecule has 3 rings (SSSR count). The van der Waals surface area contributed by atoms with Gasteiger partial charge in [-0.2, -0.15) is 18.3 Å². The summed E-state index contributed by atoms with van der Waals surface area (Å²) in [5.74, 6) is 0.443. The smallest absolute Gasteiger partial charge is 0.384 e. The van der Waals surface area contributed by atoms with Crippen LogP contribution in [-0.2, 0) is 18.3 Å². The Balaban J connectivity index is 2.04. The van der Waals surface area contributed by atoms with Crippen molar-refractivity contribution >= 4 is 10.9 Å². The van der Waals surface area contributed by atoms with Crippen LogP contribution < -0.4 is 5.56 Å². The summed E-state index contributed by atoms with van der Waals surface area (Å²) < 4.78 is 44.7. The number of hydrogen-bond donors (Lipinski definition) is 1. The highest BCUT2D eigenvalue weighted by molar-refractivity contribution is 5.81. The highest BCUT2D eigenvalue weighted by Gasteiger charge is 2.33. The van der Waals surface area contributed by atoms with E-state index in [0.29, 0.717) is 16.8 Å². The number of alkyl halides is 3. The molecule has 0 radical (unpaired) electrons. The SMILES string of the molecule is Cc1nn(C[C@](C)(O)c2cccc(C(F)(F)F)c2)c(=O)c2noc(C)c12. The van der Waals surface area contributed by atoms with Crippen LogP contribution in [0.1, 0.15) is 29.5 Å². The van der Waals surface area contributed by atoms with Crippen LogP contribution in [0.25, 0.3) is 10.9 Å². The number of aliphatic hydroxyl groups is 1. The van der Waals surface area contributed by atoms with Gasteiger partial charge in [0.05, 0.1) is 23.2 Å². The van der Waals surface area contributed by atoms with Gasteiger partial charge in [0.25, 0.3) is 5.56 Å². The van der Waals surface area contributed by atoms with Crippen LogP contribution in [-0.4, -0.2) is 20.0 Å². The number of benzene rings is 1. The van der Waals surface area contributed by atoms with E-state index in [4.69, 9.17) is 4.52 Å². The van der Waals surface area contributed by atoms with E-state index in [1.165, 1.54) is 19.1 Å². The molecule has 0 saturated heterocycles. The van der Waals surface area contributed by atoms with Crippen LogP contribution in [0.5, 0.6) is 0 Å². The van der Waals surface area contributed by atoms with Crippen LogP contribution in [0.4, 0.5) is 13.2 Å². The highest BCUT2D eigenvalue weighted by Crippen LogP contribution is 2.32. The van der Waals surface area contributed by atoms with Crippen molar-refractivity contribution in [1.29, 1.82) is 0 Å². The van der Waals surface area contributed by atoms with Gasteiger partial charge in [0.15, 0.2) is 5.52 Å². The average Bonchev–Trinajstić information content (AvgIpc) is 2.94. The number of hydrogen-bond acceptors (Lipinski definition) is 5. The third kappa shape index (κ3) is 3.10. The molecule has 0 aliphatic heterocycles. The second-order valence-electron chi connectivity index (χ2n) is 6.36. The second kappa shape index (κ2) is 5.94. The first-order chi connectivity index (χ1) is 12.0. The van der Waals surface area contributed by atoms with Gasteiger partial charge in [-0.25, -0.2) is 4.68 Å². The Hall–Kier alpha value is -2.68. The van der Waals surface area contributed by atoms with Crippen molar-refractivity contribution in [2.45, 2.75) is 39.1 Å². The maximum atomic E-state index is 12.9. The minimum absolute atomic E-state index is 0.0232. The van der Waals surface area contributed by atoms with Gasteiger partial charge in [0, 0.05) is 0 Å². The number of nitrogens with zero attached hydrogens (tertiary/aromatic N) is 3. The van der Waals surface area contributed by atoms with Crippen LogP contribution in [0.2, 0.25) is 0 Å².